The SMILES string of the molecule is CC/C=C\C/C=C\C/C=C\C/C=C\C/C=C\C/C=C\C/C=C\C/C=C\CCCCCCC(=O)OC(COC(=O)CCCCCCCCCCCCCCCCCCCCCCCCCCCCCCCCCCCCCCCCCC)COC(OCC[N+](C)(C)C)C(=O)O. The molecule has 0 radical (unpaired) electrons. The Bertz CT molecular complexity index is 1870. The van der Waals surface area contributed by atoms with Gasteiger partial charge in [-0.05, 0) is 77.0 Å². The van der Waals surface area contributed by atoms with Gasteiger partial charge >= 0.3 is 17.9 Å². The van der Waals surface area contributed by atoms with Gasteiger partial charge in [-0.15, -0.1) is 0 Å². The van der Waals surface area contributed by atoms with Crippen molar-refractivity contribution >= 4 is 17.9 Å². The Labute approximate surface area is 582 Å². The summed E-state index contributed by atoms with van der Waals surface area (Å²) in [6.45, 7) is 4.77. The molecular weight excluding hydrogens is 1160 g/mol. The van der Waals surface area contributed by atoms with Crippen LogP contribution in [0.4, 0.5) is 0 Å². The van der Waals surface area contributed by atoms with Crippen LogP contribution >= 0.6 is 0 Å². The van der Waals surface area contributed by atoms with E-state index in [0.29, 0.717) is 23.9 Å². The van der Waals surface area contributed by atoms with Gasteiger partial charge in [0.25, 0.3) is 6.29 Å². The number of carboxylic acid groups (broad SMARTS) is 1. The van der Waals surface area contributed by atoms with Crippen LogP contribution in [0.2, 0.25) is 0 Å². The molecule has 0 aliphatic heterocycles. The Morgan fingerprint density at radius 1 is 0.330 bits per heavy atom. The van der Waals surface area contributed by atoms with Gasteiger partial charge in [-0.25, -0.2) is 4.79 Å². The lowest BCUT2D eigenvalue weighted by Gasteiger charge is -2.25. The van der Waals surface area contributed by atoms with E-state index in [1.807, 2.05) is 21.1 Å². The van der Waals surface area contributed by atoms with E-state index in [9.17, 15) is 19.5 Å². The largest absolute Gasteiger partial charge is 0.477 e. The highest BCUT2D eigenvalue weighted by molar-refractivity contribution is 5.71. The van der Waals surface area contributed by atoms with E-state index in [0.717, 1.165) is 96.3 Å². The molecule has 0 amide bonds. The average Bonchev–Trinajstić information content (AvgIpc) is 3.72. The Balaban J connectivity index is 4.02. The third-order valence-corrected chi connectivity index (χ3v) is 17.6. The molecule has 2 atom stereocenters. The summed E-state index contributed by atoms with van der Waals surface area (Å²) in [4.78, 5) is 37.7. The van der Waals surface area contributed by atoms with E-state index in [1.54, 1.807) is 0 Å². The number of hydrogen-bond acceptors (Lipinski definition) is 7. The number of quaternary nitrogens is 1. The van der Waals surface area contributed by atoms with Gasteiger partial charge in [-0.1, -0.05) is 374 Å². The molecule has 0 spiro atoms. The zero-order chi connectivity index (χ0) is 68.2. The quantitative estimate of drug-likeness (QED) is 0.0211. The highest BCUT2D eigenvalue weighted by Crippen LogP contribution is 2.19. The molecule has 0 aromatic heterocycles. The lowest BCUT2D eigenvalue weighted by molar-refractivity contribution is -0.870. The molecule has 544 valence electrons. The summed E-state index contributed by atoms with van der Waals surface area (Å²) < 4.78 is 23.0. The highest BCUT2D eigenvalue weighted by atomic mass is 16.7. The predicted molar refractivity (Wildman–Crippen MR) is 405 cm³/mol. The minimum atomic E-state index is -1.52. The standard InChI is InChI=1S/C85H151NO8/c1-6-8-10-12-14-16-18-20-22-24-26-28-30-32-34-36-37-38-39-40-41-42-43-44-45-46-48-49-51-53-55-57-59-61-63-65-67-69-71-73-75-82(87)92-79-81(80-93-85(84(89)90)91-78-77-86(3,4)5)94-83(88)76-74-72-70-68-66-64-62-60-58-56-54-52-50-47-35-33-31-29-27-25-23-21-19-17-15-13-11-9-7-2/h9,11,15,17,21,23,27,29,33,35,50,52,56,58,62,64,81,85H,6-8,10,12-14,16,18-20,22,24-26,28,30-32,34,36-49,51,53-55,57,59-61,63,65-80H2,1-5H3/p+1/b11-9-,17-15-,23-21-,29-27-,35-33-,52-50-,58-56-,64-62-. The number of carbonyl (C=O) groups is 3. The molecule has 2 unspecified atom stereocenters. The van der Waals surface area contributed by atoms with Gasteiger partial charge in [0.1, 0.15) is 13.2 Å². The molecule has 9 nitrogen and oxygen atoms in total. The fourth-order valence-electron chi connectivity index (χ4n) is 11.6. The minimum Gasteiger partial charge on any atom is -0.477 e. The molecule has 0 aromatic rings. The van der Waals surface area contributed by atoms with Crippen molar-refractivity contribution in [1.29, 1.82) is 0 Å². The maximum absolute atomic E-state index is 13.0. The first-order chi connectivity index (χ1) is 46.1. The summed E-state index contributed by atoms with van der Waals surface area (Å²) in [5.41, 5.74) is 0. The lowest BCUT2D eigenvalue weighted by Crippen LogP contribution is -2.40. The maximum Gasteiger partial charge on any atom is 0.361 e. The number of carbonyl (C=O) groups excluding carboxylic acids is 2. The molecule has 0 saturated heterocycles. The van der Waals surface area contributed by atoms with Crippen molar-refractivity contribution in [1.82, 2.24) is 0 Å². The van der Waals surface area contributed by atoms with Crippen molar-refractivity contribution < 1.29 is 42.9 Å². The topological polar surface area (TPSA) is 108 Å². The third-order valence-electron chi connectivity index (χ3n) is 17.6. The number of rotatable bonds is 74. The monoisotopic (exact) mass is 1320 g/mol. The molecule has 0 fully saturated rings. The van der Waals surface area contributed by atoms with Gasteiger partial charge in [-0.2, -0.15) is 0 Å². The van der Waals surface area contributed by atoms with Crippen molar-refractivity contribution in [3.8, 4) is 0 Å². The molecule has 1 N–H and O–H groups in total. The average molecular weight is 1320 g/mol. The molecule has 94 heavy (non-hydrogen) atoms. The van der Waals surface area contributed by atoms with Crippen LogP contribution in [-0.2, 0) is 33.3 Å². The van der Waals surface area contributed by atoms with E-state index in [4.69, 9.17) is 18.9 Å². The van der Waals surface area contributed by atoms with Crippen LogP contribution in [0.5, 0.6) is 0 Å². The van der Waals surface area contributed by atoms with Crippen molar-refractivity contribution in [2.24, 2.45) is 0 Å². The summed E-state index contributed by atoms with van der Waals surface area (Å²) >= 11 is 0. The molecule has 0 heterocycles. The van der Waals surface area contributed by atoms with Crippen molar-refractivity contribution in [2.45, 2.75) is 379 Å². The summed E-state index contributed by atoms with van der Waals surface area (Å²) in [6.07, 6.45) is 102. The van der Waals surface area contributed by atoms with Crippen LogP contribution in [0.1, 0.15) is 367 Å². The maximum atomic E-state index is 13.0. The fourth-order valence-corrected chi connectivity index (χ4v) is 11.6. The van der Waals surface area contributed by atoms with Crippen LogP contribution in [-0.4, -0.2) is 87.4 Å². The van der Waals surface area contributed by atoms with Crippen LogP contribution < -0.4 is 0 Å². The second kappa shape index (κ2) is 75.0. The Kier molecular flexibility index (Phi) is 72.0. The molecule has 0 aromatic carbocycles. The molecule has 9 heteroatoms. The van der Waals surface area contributed by atoms with Crippen LogP contribution in [0.3, 0.4) is 0 Å². The van der Waals surface area contributed by atoms with Gasteiger partial charge in [0.2, 0.25) is 0 Å². The molecule has 0 aliphatic carbocycles. The Morgan fingerprint density at radius 3 is 0.904 bits per heavy atom. The number of ether oxygens (including phenoxy) is 4. The van der Waals surface area contributed by atoms with Gasteiger partial charge in [0, 0.05) is 12.8 Å². The molecule has 0 rings (SSSR count). The van der Waals surface area contributed by atoms with E-state index < -0.39 is 24.3 Å². The van der Waals surface area contributed by atoms with E-state index in [2.05, 4.69) is 111 Å². The number of nitrogens with zero attached hydrogens (tertiary/aromatic N) is 1. The normalized spacial score (nSPS) is 13.2. The number of carboxylic acids is 1. The van der Waals surface area contributed by atoms with Crippen molar-refractivity contribution in [3.63, 3.8) is 0 Å². The number of unbranched alkanes of at least 4 members (excludes halogenated alkanes) is 43. The van der Waals surface area contributed by atoms with E-state index in [1.165, 1.54) is 238 Å². The molecule has 0 bridgehead atoms. The zero-order valence-electron chi connectivity index (χ0n) is 62.4. The van der Waals surface area contributed by atoms with Gasteiger partial charge < -0.3 is 28.5 Å². The Hall–Kier alpha value is -3.79. The number of likely N-dealkylation sites (N-methyl/N-ethyl adjacent to an activating group) is 1. The van der Waals surface area contributed by atoms with Crippen LogP contribution in [0.15, 0.2) is 97.2 Å². The number of aliphatic carboxylic acids is 1. The second-order valence-corrected chi connectivity index (χ2v) is 28.0. The molecular formula is C85H152NO8+. The summed E-state index contributed by atoms with van der Waals surface area (Å²) in [7, 11) is 5.97. The number of esters is 2. The third kappa shape index (κ3) is 75.6. The first kappa shape index (κ1) is 90.2. The first-order valence-electron chi connectivity index (χ1n) is 39.9. The van der Waals surface area contributed by atoms with Gasteiger partial charge in [0.15, 0.2) is 6.10 Å². The van der Waals surface area contributed by atoms with Gasteiger partial charge in [0.05, 0.1) is 34.4 Å². The van der Waals surface area contributed by atoms with Gasteiger partial charge in [-0.3, -0.25) is 9.59 Å². The zero-order valence-corrected chi connectivity index (χ0v) is 62.4. The molecule has 0 saturated carbocycles. The molecule has 0 aliphatic rings. The lowest BCUT2D eigenvalue weighted by atomic mass is 10.0. The van der Waals surface area contributed by atoms with Crippen molar-refractivity contribution in [3.05, 3.63) is 97.2 Å². The highest BCUT2D eigenvalue weighted by Gasteiger charge is 2.25. The first-order valence-corrected chi connectivity index (χ1v) is 39.9. The summed E-state index contributed by atoms with van der Waals surface area (Å²) in [5, 5.41) is 9.76. The smallest absolute Gasteiger partial charge is 0.361 e. The fraction of sp³-hybridized carbons (Fsp3) is 0.776. The second-order valence-electron chi connectivity index (χ2n) is 28.0. The predicted octanol–water partition coefficient (Wildman–Crippen LogP) is 25.5. The van der Waals surface area contributed by atoms with Crippen LogP contribution in [0, 0.1) is 0 Å². The number of allylic oxidation sites excluding steroid dienone is 16. The Morgan fingerprint density at radius 2 is 0.606 bits per heavy atom. The summed E-state index contributed by atoms with van der Waals surface area (Å²) in [5.74, 6) is -2.03. The summed E-state index contributed by atoms with van der Waals surface area (Å²) in [6, 6.07) is 0. The van der Waals surface area contributed by atoms with Crippen LogP contribution in [0.25, 0.3) is 0 Å². The van der Waals surface area contributed by atoms with E-state index in [-0.39, 0.29) is 32.2 Å². The number of hydrogen-bond donors (Lipinski definition) is 1. The van der Waals surface area contributed by atoms with Crippen molar-refractivity contribution in [2.75, 3.05) is 47.5 Å². The van der Waals surface area contributed by atoms with E-state index >= 15 is 0 Å². The minimum absolute atomic E-state index is 0.179.